The first-order valence-corrected chi connectivity index (χ1v) is 5.95. The number of nitrogens with one attached hydrogen (secondary N) is 1. The Labute approximate surface area is 119 Å². The molecule has 0 atom stereocenters. The van der Waals surface area contributed by atoms with Crippen LogP contribution in [0, 0.1) is 0 Å². The van der Waals surface area contributed by atoms with Crippen molar-refractivity contribution in [2.24, 2.45) is 0 Å². The molecule has 1 rings (SSSR count). The molecule has 0 aliphatic heterocycles. The zero-order chi connectivity index (χ0) is 13.9. The molecule has 0 aromatic heterocycles. The fourth-order valence-electron chi connectivity index (χ4n) is 0.985. The summed E-state index contributed by atoms with van der Waals surface area (Å²) in [5.74, 6) is -1.98. The molecule has 0 fully saturated rings. The number of alkyl halides is 3. The summed E-state index contributed by atoms with van der Waals surface area (Å²) in [4.78, 5) is 10.8. The highest BCUT2D eigenvalue weighted by Gasteiger charge is 2.39. The van der Waals surface area contributed by atoms with Gasteiger partial charge in [-0.25, -0.2) is 0 Å². The van der Waals surface area contributed by atoms with Gasteiger partial charge in [-0.15, -0.1) is 0 Å². The molecule has 1 N–H and O–H groups in total. The molecule has 1 aromatic rings. The van der Waals surface area contributed by atoms with Crippen LogP contribution in [0.3, 0.4) is 0 Å². The van der Waals surface area contributed by atoms with Crippen molar-refractivity contribution < 1.29 is 18.0 Å². The Bertz CT molecular complexity index is 482. The van der Waals surface area contributed by atoms with Gasteiger partial charge in [0.05, 0.1) is 4.48 Å². The Balaban J connectivity index is 2.83. The second-order valence-electron chi connectivity index (χ2n) is 3.12. The zero-order valence-electron chi connectivity index (χ0n) is 8.49. The van der Waals surface area contributed by atoms with Gasteiger partial charge in [-0.3, -0.25) is 4.79 Å². The van der Waals surface area contributed by atoms with E-state index in [0.717, 1.165) is 6.20 Å². The third-order valence-corrected chi connectivity index (χ3v) is 2.73. The van der Waals surface area contributed by atoms with Crippen LogP contribution >= 0.6 is 39.1 Å². The van der Waals surface area contributed by atoms with E-state index in [1.165, 1.54) is 18.2 Å². The normalized spacial score (nSPS) is 12.4. The maximum Gasteiger partial charge on any atom is 0.455 e. The van der Waals surface area contributed by atoms with Gasteiger partial charge in [-0.2, -0.15) is 13.2 Å². The lowest BCUT2D eigenvalue weighted by Gasteiger charge is -2.06. The predicted molar refractivity (Wildman–Crippen MR) is 68.2 cm³/mol. The van der Waals surface area contributed by atoms with E-state index in [1.807, 2.05) is 0 Å². The minimum absolute atomic E-state index is 0.316. The topological polar surface area (TPSA) is 29.1 Å². The average molecular weight is 363 g/mol. The Morgan fingerprint density at radius 3 is 2.17 bits per heavy atom. The van der Waals surface area contributed by atoms with Gasteiger partial charge in [-0.05, 0) is 34.1 Å². The number of rotatable bonds is 3. The smallest absolute Gasteiger partial charge is 0.360 e. The van der Waals surface area contributed by atoms with E-state index in [1.54, 1.807) is 0 Å². The number of anilines is 1. The number of carbonyl (C=O) groups is 1. The Morgan fingerprint density at radius 2 is 1.72 bits per heavy atom. The van der Waals surface area contributed by atoms with Crippen molar-refractivity contribution in [2.75, 3.05) is 5.32 Å². The van der Waals surface area contributed by atoms with Gasteiger partial charge in [0.25, 0.3) is 5.78 Å². The molecule has 98 valence electrons. The number of benzene rings is 1. The maximum atomic E-state index is 12.1. The van der Waals surface area contributed by atoms with Crippen LogP contribution in [0.5, 0.6) is 0 Å². The number of hydrogen-bond donors (Lipinski definition) is 1. The third-order valence-electron chi connectivity index (χ3n) is 1.70. The van der Waals surface area contributed by atoms with E-state index < -0.39 is 16.4 Å². The molecule has 0 bridgehead atoms. The zero-order valence-corrected chi connectivity index (χ0v) is 11.6. The summed E-state index contributed by atoms with van der Waals surface area (Å²) in [6, 6.07) is 4.36. The van der Waals surface area contributed by atoms with Crippen LogP contribution in [0.1, 0.15) is 0 Å². The fourth-order valence-corrected chi connectivity index (χ4v) is 1.85. The molecule has 0 radical (unpaired) electrons. The highest BCUT2D eigenvalue weighted by Crippen LogP contribution is 2.25. The van der Waals surface area contributed by atoms with Crippen molar-refractivity contribution in [3.63, 3.8) is 0 Å². The Hall–Kier alpha value is -0.720. The largest absolute Gasteiger partial charge is 0.455 e. The van der Waals surface area contributed by atoms with Gasteiger partial charge in [0.15, 0.2) is 0 Å². The van der Waals surface area contributed by atoms with E-state index >= 15 is 0 Å². The van der Waals surface area contributed by atoms with Crippen molar-refractivity contribution in [1.82, 2.24) is 0 Å². The lowest BCUT2D eigenvalue weighted by atomic mass is 10.3. The number of hydrogen-bond acceptors (Lipinski definition) is 2. The molecule has 0 aliphatic rings. The molecular formula is C10H5BrCl2F3NO. The van der Waals surface area contributed by atoms with Crippen molar-refractivity contribution in [3.05, 3.63) is 38.9 Å². The quantitative estimate of drug-likeness (QED) is 0.784. The molecule has 0 saturated carbocycles. The summed E-state index contributed by atoms with van der Waals surface area (Å²) in [5.41, 5.74) is 0.361. The van der Waals surface area contributed by atoms with E-state index in [0.29, 0.717) is 15.7 Å². The number of halogens is 6. The van der Waals surface area contributed by atoms with E-state index in [4.69, 9.17) is 23.2 Å². The number of allylic oxidation sites excluding steroid dienone is 1. The summed E-state index contributed by atoms with van der Waals surface area (Å²) >= 11 is 13.9. The first-order chi connectivity index (χ1) is 8.20. The molecule has 0 spiro atoms. The minimum Gasteiger partial charge on any atom is -0.360 e. The van der Waals surface area contributed by atoms with E-state index in [-0.39, 0.29) is 0 Å². The highest BCUT2D eigenvalue weighted by atomic mass is 79.9. The average Bonchev–Trinajstić information content (AvgIpc) is 2.22. The SMILES string of the molecule is O=C(C(Br)=CNc1cc(Cl)cc(Cl)c1)C(F)(F)F. The summed E-state index contributed by atoms with van der Waals surface area (Å²) < 4.78 is 35.5. The molecule has 1 aromatic carbocycles. The van der Waals surface area contributed by atoms with Crippen LogP contribution in [0.2, 0.25) is 10.0 Å². The molecule has 0 amide bonds. The monoisotopic (exact) mass is 361 g/mol. The van der Waals surface area contributed by atoms with E-state index in [9.17, 15) is 18.0 Å². The van der Waals surface area contributed by atoms with Gasteiger partial charge in [-0.1, -0.05) is 23.2 Å². The lowest BCUT2D eigenvalue weighted by Crippen LogP contribution is -2.22. The first-order valence-electron chi connectivity index (χ1n) is 4.40. The summed E-state index contributed by atoms with van der Waals surface area (Å²) in [5, 5.41) is 3.11. The van der Waals surface area contributed by atoms with Crippen molar-refractivity contribution in [2.45, 2.75) is 6.18 Å². The Morgan fingerprint density at radius 1 is 1.22 bits per heavy atom. The van der Waals surface area contributed by atoms with Crippen LogP contribution in [-0.2, 0) is 4.79 Å². The summed E-state index contributed by atoms with van der Waals surface area (Å²) in [6.45, 7) is 0. The molecule has 0 heterocycles. The van der Waals surface area contributed by atoms with Crippen LogP contribution in [0.15, 0.2) is 28.9 Å². The van der Waals surface area contributed by atoms with Crippen LogP contribution in [0.4, 0.5) is 18.9 Å². The summed E-state index contributed by atoms with van der Waals surface area (Å²) in [6.07, 6.45) is -4.05. The minimum atomic E-state index is -4.93. The predicted octanol–water partition coefficient (Wildman–Crippen LogP) is 4.77. The molecule has 0 aliphatic carbocycles. The van der Waals surface area contributed by atoms with Gasteiger partial charge in [0.1, 0.15) is 0 Å². The van der Waals surface area contributed by atoms with Crippen LogP contribution < -0.4 is 5.32 Å². The van der Waals surface area contributed by atoms with Gasteiger partial charge in [0.2, 0.25) is 0 Å². The van der Waals surface area contributed by atoms with Crippen LogP contribution in [0.25, 0.3) is 0 Å². The van der Waals surface area contributed by atoms with Crippen molar-refractivity contribution in [1.29, 1.82) is 0 Å². The molecule has 18 heavy (non-hydrogen) atoms. The second kappa shape index (κ2) is 5.95. The first kappa shape index (κ1) is 15.3. The van der Waals surface area contributed by atoms with Crippen LogP contribution in [-0.4, -0.2) is 12.0 Å². The van der Waals surface area contributed by atoms with Gasteiger partial charge >= 0.3 is 6.18 Å². The van der Waals surface area contributed by atoms with Gasteiger partial charge in [0, 0.05) is 21.9 Å². The fraction of sp³-hybridized carbons (Fsp3) is 0.100. The maximum absolute atomic E-state index is 12.1. The lowest BCUT2D eigenvalue weighted by molar-refractivity contribution is -0.165. The van der Waals surface area contributed by atoms with Crippen molar-refractivity contribution in [3.8, 4) is 0 Å². The standard InChI is InChI=1S/C10H5BrCl2F3NO/c11-8(9(18)10(14,15)16)4-17-7-2-5(12)1-6(13)3-7/h1-4,17H. The third kappa shape index (κ3) is 4.51. The number of Topliss-reactive ketones (excluding diaryl/α,β-unsaturated/α-hetero) is 1. The highest BCUT2D eigenvalue weighted by molar-refractivity contribution is 9.12. The molecule has 0 unspecified atom stereocenters. The molecule has 2 nitrogen and oxygen atoms in total. The second-order valence-corrected chi connectivity index (χ2v) is 4.85. The Kier molecular flexibility index (Phi) is 5.07. The number of ketones is 1. The number of carbonyl (C=O) groups excluding carboxylic acids is 1. The summed E-state index contributed by atoms with van der Waals surface area (Å²) in [7, 11) is 0. The molecular weight excluding hydrogens is 358 g/mol. The van der Waals surface area contributed by atoms with Gasteiger partial charge < -0.3 is 5.32 Å². The van der Waals surface area contributed by atoms with E-state index in [2.05, 4.69) is 21.2 Å². The molecule has 0 saturated heterocycles. The molecule has 8 heteroatoms. The van der Waals surface area contributed by atoms with Crippen molar-refractivity contribution >= 4 is 50.6 Å².